The van der Waals surface area contributed by atoms with E-state index in [1.165, 1.54) is 10.6 Å². The minimum absolute atomic E-state index is 0.0798. The van der Waals surface area contributed by atoms with Gasteiger partial charge in [-0.3, -0.25) is 9.59 Å². The number of pyridine rings is 1. The van der Waals surface area contributed by atoms with Gasteiger partial charge in [-0.25, -0.2) is 0 Å². The Labute approximate surface area is 106 Å². The van der Waals surface area contributed by atoms with E-state index in [4.69, 9.17) is 4.74 Å². The lowest BCUT2D eigenvalue weighted by Gasteiger charge is -2.23. The van der Waals surface area contributed by atoms with Crippen molar-refractivity contribution >= 4 is 5.91 Å². The van der Waals surface area contributed by atoms with E-state index >= 15 is 0 Å². The van der Waals surface area contributed by atoms with Crippen LogP contribution < -0.4 is 10.9 Å². The minimum Gasteiger partial charge on any atom is -0.381 e. The first-order chi connectivity index (χ1) is 8.65. The molecule has 1 amide bonds. The highest BCUT2D eigenvalue weighted by Crippen LogP contribution is 2.05. The Hall–Kier alpha value is -1.62. The standard InChI is InChI=1S/C13H18N2O3/c1-10-2-5-15(13(17)8-10)9-12(16)14-11-3-6-18-7-4-11/h2,5,8,11H,3-4,6-7,9H2,1H3,(H,14,16). The lowest BCUT2D eigenvalue weighted by Crippen LogP contribution is -2.41. The average molecular weight is 250 g/mol. The van der Waals surface area contributed by atoms with Gasteiger partial charge in [-0.2, -0.15) is 0 Å². The summed E-state index contributed by atoms with van der Waals surface area (Å²) in [5, 5.41) is 2.93. The molecular weight excluding hydrogens is 232 g/mol. The maximum atomic E-state index is 11.8. The van der Waals surface area contributed by atoms with E-state index in [2.05, 4.69) is 5.32 Å². The third-order valence-electron chi connectivity index (χ3n) is 3.05. The molecule has 1 aromatic rings. The summed E-state index contributed by atoms with van der Waals surface area (Å²) in [5.74, 6) is -0.118. The molecule has 5 heteroatoms. The van der Waals surface area contributed by atoms with Crippen LogP contribution in [0.2, 0.25) is 0 Å². The Balaban J connectivity index is 1.92. The lowest BCUT2D eigenvalue weighted by atomic mass is 10.1. The fourth-order valence-electron chi connectivity index (χ4n) is 2.01. The second kappa shape index (κ2) is 5.82. The molecule has 1 aromatic heterocycles. The second-order valence-corrected chi connectivity index (χ2v) is 4.62. The molecule has 2 heterocycles. The predicted molar refractivity (Wildman–Crippen MR) is 67.4 cm³/mol. The van der Waals surface area contributed by atoms with E-state index in [0.717, 1.165) is 18.4 Å². The highest BCUT2D eigenvalue weighted by molar-refractivity contribution is 5.76. The van der Waals surface area contributed by atoms with Crippen LogP contribution in [0.3, 0.4) is 0 Å². The summed E-state index contributed by atoms with van der Waals surface area (Å²) in [6.45, 7) is 3.31. The average Bonchev–Trinajstić information content (AvgIpc) is 2.34. The highest BCUT2D eigenvalue weighted by atomic mass is 16.5. The number of hydrogen-bond donors (Lipinski definition) is 1. The molecule has 5 nitrogen and oxygen atoms in total. The first-order valence-electron chi connectivity index (χ1n) is 6.19. The predicted octanol–water partition coefficient (Wildman–Crippen LogP) is 0.452. The van der Waals surface area contributed by atoms with Crippen molar-refractivity contribution in [1.82, 2.24) is 9.88 Å². The smallest absolute Gasteiger partial charge is 0.251 e. The molecule has 1 saturated heterocycles. The summed E-state index contributed by atoms with van der Waals surface area (Å²) in [6.07, 6.45) is 3.34. The van der Waals surface area contributed by atoms with E-state index in [9.17, 15) is 9.59 Å². The topological polar surface area (TPSA) is 60.3 Å². The first kappa shape index (κ1) is 12.8. The van der Waals surface area contributed by atoms with Gasteiger partial charge >= 0.3 is 0 Å². The van der Waals surface area contributed by atoms with Crippen molar-refractivity contribution in [2.75, 3.05) is 13.2 Å². The monoisotopic (exact) mass is 250 g/mol. The summed E-state index contributed by atoms with van der Waals surface area (Å²) >= 11 is 0. The maximum absolute atomic E-state index is 11.8. The molecule has 1 aliphatic heterocycles. The third kappa shape index (κ3) is 3.43. The van der Waals surface area contributed by atoms with Gasteiger partial charge in [0.2, 0.25) is 5.91 Å². The van der Waals surface area contributed by atoms with Crippen LogP contribution in [0.15, 0.2) is 23.1 Å². The van der Waals surface area contributed by atoms with Crippen LogP contribution in [0.25, 0.3) is 0 Å². The molecule has 0 aliphatic carbocycles. The first-order valence-corrected chi connectivity index (χ1v) is 6.19. The minimum atomic E-state index is -0.142. The van der Waals surface area contributed by atoms with Crippen LogP contribution in [-0.2, 0) is 16.1 Å². The summed E-state index contributed by atoms with van der Waals surface area (Å²) in [5.41, 5.74) is 0.762. The van der Waals surface area contributed by atoms with E-state index in [1.807, 2.05) is 13.0 Å². The third-order valence-corrected chi connectivity index (χ3v) is 3.05. The molecule has 0 unspecified atom stereocenters. The number of aromatic nitrogens is 1. The lowest BCUT2D eigenvalue weighted by molar-refractivity contribution is -0.123. The summed E-state index contributed by atoms with van der Waals surface area (Å²) < 4.78 is 6.64. The maximum Gasteiger partial charge on any atom is 0.251 e. The van der Waals surface area contributed by atoms with E-state index in [0.29, 0.717) is 13.2 Å². The fourth-order valence-corrected chi connectivity index (χ4v) is 2.01. The van der Waals surface area contributed by atoms with Gasteiger partial charge < -0.3 is 14.6 Å². The number of rotatable bonds is 3. The number of hydrogen-bond acceptors (Lipinski definition) is 3. The summed E-state index contributed by atoms with van der Waals surface area (Å²) in [6, 6.07) is 3.53. The molecule has 0 aromatic carbocycles. The number of aryl methyl sites for hydroxylation is 1. The largest absolute Gasteiger partial charge is 0.381 e. The Morgan fingerprint density at radius 1 is 1.50 bits per heavy atom. The zero-order chi connectivity index (χ0) is 13.0. The van der Waals surface area contributed by atoms with Gasteiger partial charge in [0.15, 0.2) is 0 Å². The molecule has 0 spiro atoms. The summed E-state index contributed by atoms with van der Waals surface area (Å²) in [7, 11) is 0. The number of carbonyl (C=O) groups excluding carboxylic acids is 1. The Morgan fingerprint density at radius 3 is 2.89 bits per heavy atom. The van der Waals surface area contributed by atoms with Crippen molar-refractivity contribution in [2.45, 2.75) is 32.4 Å². The second-order valence-electron chi connectivity index (χ2n) is 4.62. The molecule has 0 saturated carbocycles. The fraction of sp³-hybridized carbons (Fsp3) is 0.538. The van der Waals surface area contributed by atoms with Crippen LogP contribution >= 0.6 is 0 Å². The van der Waals surface area contributed by atoms with Gasteiger partial charge in [0, 0.05) is 31.5 Å². The molecule has 0 bridgehead atoms. The van der Waals surface area contributed by atoms with E-state index in [1.54, 1.807) is 6.20 Å². The molecule has 1 fully saturated rings. The molecular formula is C13H18N2O3. The SMILES string of the molecule is Cc1ccn(CC(=O)NC2CCOCC2)c(=O)c1. The molecule has 2 rings (SSSR count). The van der Waals surface area contributed by atoms with Gasteiger partial charge in [-0.1, -0.05) is 0 Å². The molecule has 0 radical (unpaired) electrons. The number of amides is 1. The van der Waals surface area contributed by atoms with Gasteiger partial charge in [0.1, 0.15) is 6.54 Å². The number of nitrogens with zero attached hydrogens (tertiary/aromatic N) is 1. The molecule has 1 N–H and O–H groups in total. The van der Waals surface area contributed by atoms with E-state index in [-0.39, 0.29) is 24.1 Å². The van der Waals surface area contributed by atoms with E-state index < -0.39 is 0 Å². The van der Waals surface area contributed by atoms with Crippen molar-refractivity contribution in [3.63, 3.8) is 0 Å². The molecule has 18 heavy (non-hydrogen) atoms. The number of nitrogens with one attached hydrogen (secondary N) is 1. The van der Waals surface area contributed by atoms with Crippen LogP contribution in [0.4, 0.5) is 0 Å². The Morgan fingerprint density at radius 2 is 2.22 bits per heavy atom. The van der Waals surface area contributed by atoms with Gasteiger partial charge in [0.05, 0.1) is 0 Å². The van der Waals surface area contributed by atoms with Crippen molar-refractivity contribution in [1.29, 1.82) is 0 Å². The highest BCUT2D eigenvalue weighted by Gasteiger charge is 2.16. The molecule has 0 atom stereocenters. The van der Waals surface area contributed by atoms with Crippen molar-refractivity contribution in [2.24, 2.45) is 0 Å². The Bertz CT molecular complexity index is 475. The van der Waals surface area contributed by atoms with Crippen molar-refractivity contribution in [3.05, 3.63) is 34.2 Å². The molecule has 98 valence electrons. The van der Waals surface area contributed by atoms with Crippen LogP contribution in [0.1, 0.15) is 18.4 Å². The van der Waals surface area contributed by atoms with Crippen LogP contribution in [0, 0.1) is 6.92 Å². The van der Waals surface area contributed by atoms with Gasteiger partial charge in [0.25, 0.3) is 5.56 Å². The van der Waals surface area contributed by atoms with Gasteiger partial charge in [-0.15, -0.1) is 0 Å². The molecule has 1 aliphatic rings. The van der Waals surface area contributed by atoms with Crippen molar-refractivity contribution in [3.8, 4) is 0 Å². The quantitative estimate of drug-likeness (QED) is 0.847. The zero-order valence-corrected chi connectivity index (χ0v) is 10.5. The summed E-state index contributed by atoms with van der Waals surface area (Å²) in [4.78, 5) is 23.4. The van der Waals surface area contributed by atoms with Crippen LogP contribution in [-0.4, -0.2) is 29.7 Å². The number of carbonyl (C=O) groups is 1. The van der Waals surface area contributed by atoms with Crippen LogP contribution in [0.5, 0.6) is 0 Å². The normalized spacial score (nSPS) is 16.5. The van der Waals surface area contributed by atoms with Gasteiger partial charge in [-0.05, 0) is 31.4 Å². The Kier molecular flexibility index (Phi) is 4.15. The van der Waals surface area contributed by atoms with Crippen molar-refractivity contribution < 1.29 is 9.53 Å². The number of ether oxygens (including phenoxy) is 1. The zero-order valence-electron chi connectivity index (χ0n) is 10.5.